The Bertz CT molecular complexity index is 409. The van der Waals surface area contributed by atoms with Crippen LogP contribution in [0.3, 0.4) is 0 Å². The molecule has 0 saturated heterocycles. The average Bonchev–Trinajstić information content (AvgIpc) is 2.36. The molecule has 0 atom stereocenters. The Balaban J connectivity index is 2.40. The summed E-state index contributed by atoms with van der Waals surface area (Å²) >= 11 is 3.60. The van der Waals surface area contributed by atoms with Crippen LogP contribution in [-0.4, -0.2) is 20.3 Å². The monoisotopic (exact) mass is 301 g/mol. The number of hydrogen-bond donors (Lipinski definition) is 1. The van der Waals surface area contributed by atoms with E-state index in [0.29, 0.717) is 19.8 Å². The van der Waals surface area contributed by atoms with Crippen LogP contribution in [-0.2, 0) is 17.8 Å². The highest BCUT2D eigenvalue weighted by atomic mass is 79.9. The van der Waals surface area contributed by atoms with Gasteiger partial charge in [-0.25, -0.2) is 0 Å². The summed E-state index contributed by atoms with van der Waals surface area (Å²) in [5, 5.41) is 0. The van der Waals surface area contributed by atoms with E-state index in [0.717, 1.165) is 28.0 Å². The molecule has 0 saturated carbocycles. The first-order chi connectivity index (χ1) is 8.27. The third kappa shape index (κ3) is 2.56. The number of rotatable bonds is 4. The summed E-state index contributed by atoms with van der Waals surface area (Å²) in [6, 6.07) is 2.02. The summed E-state index contributed by atoms with van der Waals surface area (Å²) in [5.41, 5.74) is 5.24. The van der Waals surface area contributed by atoms with Crippen molar-refractivity contribution < 1.29 is 14.3 Å². The lowest BCUT2D eigenvalue weighted by molar-refractivity contribution is 0.0863. The molecule has 0 aromatic heterocycles. The summed E-state index contributed by atoms with van der Waals surface area (Å²) in [5.74, 6) is 1.61. The van der Waals surface area contributed by atoms with Gasteiger partial charge in [0.25, 0.3) is 0 Å². The third-order valence-electron chi connectivity index (χ3n) is 2.73. The van der Waals surface area contributed by atoms with E-state index in [2.05, 4.69) is 28.3 Å². The van der Waals surface area contributed by atoms with Gasteiger partial charge in [0.05, 0.1) is 11.6 Å². The number of fused-ring (bicyclic) bond motifs is 1. The summed E-state index contributed by atoms with van der Waals surface area (Å²) in [6.45, 7) is 3.97. The first-order valence-electron chi connectivity index (χ1n) is 5.63. The molecule has 17 heavy (non-hydrogen) atoms. The van der Waals surface area contributed by atoms with E-state index >= 15 is 0 Å². The Morgan fingerprint density at radius 3 is 2.88 bits per heavy atom. The molecule has 0 fully saturated rings. The number of ether oxygens (including phenoxy) is 2. The molecule has 1 aliphatic heterocycles. The zero-order valence-electron chi connectivity index (χ0n) is 10.0. The van der Waals surface area contributed by atoms with Gasteiger partial charge in [0.1, 0.15) is 13.2 Å². The lowest BCUT2D eigenvalue weighted by atomic mass is 10.0. The van der Waals surface area contributed by atoms with Gasteiger partial charge in [0, 0.05) is 6.54 Å². The molecule has 5 heteroatoms. The van der Waals surface area contributed by atoms with E-state index in [4.69, 9.17) is 14.3 Å². The van der Waals surface area contributed by atoms with Gasteiger partial charge in [0.2, 0.25) is 0 Å². The van der Waals surface area contributed by atoms with Crippen molar-refractivity contribution in [3.63, 3.8) is 0 Å². The van der Waals surface area contributed by atoms with Crippen LogP contribution in [0.2, 0.25) is 0 Å². The largest absolute Gasteiger partial charge is 0.486 e. The van der Waals surface area contributed by atoms with Crippen molar-refractivity contribution in [3.8, 4) is 11.5 Å². The molecule has 1 heterocycles. The number of halogens is 1. The highest BCUT2D eigenvalue weighted by Crippen LogP contribution is 2.41. The molecule has 0 bridgehead atoms. The van der Waals surface area contributed by atoms with Crippen molar-refractivity contribution >= 4 is 15.9 Å². The predicted molar refractivity (Wildman–Crippen MR) is 68.4 cm³/mol. The molecule has 0 spiro atoms. The summed E-state index contributed by atoms with van der Waals surface area (Å²) < 4.78 is 12.2. The van der Waals surface area contributed by atoms with E-state index in [-0.39, 0.29) is 0 Å². The molecule has 1 aromatic rings. The van der Waals surface area contributed by atoms with Gasteiger partial charge < -0.3 is 14.3 Å². The Kier molecular flexibility index (Phi) is 4.25. The Hall–Kier alpha value is -0.780. The van der Waals surface area contributed by atoms with Crippen LogP contribution >= 0.6 is 15.9 Å². The van der Waals surface area contributed by atoms with Crippen molar-refractivity contribution in [2.45, 2.75) is 19.9 Å². The van der Waals surface area contributed by atoms with Gasteiger partial charge in [-0.1, -0.05) is 6.92 Å². The van der Waals surface area contributed by atoms with Crippen molar-refractivity contribution in [1.82, 2.24) is 5.48 Å². The maximum Gasteiger partial charge on any atom is 0.175 e. The van der Waals surface area contributed by atoms with Gasteiger partial charge >= 0.3 is 0 Å². The Morgan fingerprint density at radius 1 is 1.41 bits per heavy atom. The zero-order valence-corrected chi connectivity index (χ0v) is 11.6. The Labute approximate surface area is 109 Å². The van der Waals surface area contributed by atoms with Gasteiger partial charge in [-0.05, 0) is 39.5 Å². The topological polar surface area (TPSA) is 39.7 Å². The van der Waals surface area contributed by atoms with E-state index in [1.54, 1.807) is 7.11 Å². The third-order valence-corrected chi connectivity index (χ3v) is 3.57. The molecule has 0 unspecified atom stereocenters. The normalized spacial score (nSPS) is 13.8. The van der Waals surface area contributed by atoms with Crippen LogP contribution in [0.1, 0.15) is 18.1 Å². The summed E-state index contributed by atoms with van der Waals surface area (Å²) in [6.07, 6.45) is 0.929. The first kappa shape index (κ1) is 12.7. The highest BCUT2D eigenvalue weighted by Gasteiger charge is 2.20. The number of hydrogen-bond acceptors (Lipinski definition) is 4. The lowest BCUT2D eigenvalue weighted by Gasteiger charge is -2.23. The molecule has 1 N–H and O–H groups in total. The standard InChI is InChI=1S/C12H16BrNO3/c1-3-9-8(7-14-15-2)6-10-12(11(9)13)17-5-4-16-10/h6,14H,3-5,7H2,1-2H3. The van der Waals surface area contributed by atoms with Crippen LogP contribution < -0.4 is 15.0 Å². The van der Waals surface area contributed by atoms with Crippen molar-refractivity contribution in [2.24, 2.45) is 0 Å². The fourth-order valence-electron chi connectivity index (χ4n) is 1.92. The van der Waals surface area contributed by atoms with Crippen molar-refractivity contribution in [3.05, 3.63) is 21.7 Å². The summed E-state index contributed by atoms with van der Waals surface area (Å²) in [7, 11) is 1.61. The van der Waals surface area contributed by atoms with Crippen LogP contribution in [0.4, 0.5) is 0 Å². The first-order valence-corrected chi connectivity index (χ1v) is 6.43. The van der Waals surface area contributed by atoms with Gasteiger partial charge in [-0.3, -0.25) is 0 Å². The Morgan fingerprint density at radius 2 is 2.18 bits per heavy atom. The molecule has 0 amide bonds. The SMILES string of the molecule is CCc1c(CNOC)cc2c(c1Br)OCCO2. The van der Waals surface area contributed by atoms with E-state index in [1.165, 1.54) is 5.56 Å². The van der Waals surface area contributed by atoms with E-state index < -0.39 is 0 Å². The molecule has 0 radical (unpaired) electrons. The molecule has 94 valence electrons. The van der Waals surface area contributed by atoms with E-state index in [1.807, 2.05) is 6.07 Å². The fourth-order valence-corrected chi connectivity index (χ4v) is 2.77. The molecule has 0 aliphatic carbocycles. The highest BCUT2D eigenvalue weighted by molar-refractivity contribution is 9.10. The van der Waals surface area contributed by atoms with E-state index in [9.17, 15) is 0 Å². The molecule has 2 rings (SSSR count). The maximum absolute atomic E-state index is 5.63. The number of hydroxylamine groups is 1. The number of benzene rings is 1. The molecule has 1 aromatic carbocycles. The van der Waals surface area contributed by atoms with Crippen molar-refractivity contribution in [1.29, 1.82) is 0 Å². The minimum atomic E-state index is 0.599. The minimum Gasteiger partial charge on any atom is -0.486 e. The second-order valence-electron chi connectivity index (χ2n) is 3.73. The molecule has 4 nitrogen and oxygen atoms in total. The van der Waals surface area contributed by atoms with Crippen LogP contribution in [0.25, 0.3) is 0 Å². The van der Waals surface area contributed by atoms with Crippen LogP contribution in [0.15, 0.2) is 10.5 Å². The number of nitrogens with one attached hydrogen (secondary N) is 1. The van der Waals surface area contributed by atoms with Crippen LogP contribution in [0.5, 0.6) is 11.5 Å². The second kappa shape index (κ2) is 5.71. The maximum atomic E-state index is 5.63. The molecular formula is C12H16BrNO3. The second-order valence-corrected chi connectivity index (χ2v) is 4.52. The fraction of sp³-hybridized carbons (Fsp3) is 0.500. The minimum absolute atomic E-state index is 0.599. The van der Waals surface area contributed by atoms with Gasteiger partial charge in [-0.2, -0.15) is 5.48 Å². The van der Waals surface area contributed by atoms with Crippen LogP contribution in [0, 0.1) is 0 Å². The smallest absolute Gasteiger partial charge is 0.175 e. The van der Waals surface area contributed by atoms with Gasteiger partial charge in [-0.15, -0.1) is 0 Å². The zero-order chi connectivity index (χ0) is 12.3. The lowest BCUT2D eigenvalue weighted by Crippen LogP contribution is -2.18. The summed E-state index contributed by atoms with van der Waals surface area (Å²) in [4.78, 5) is 4.89. The predicted octanol–water partition coefficient (Wildman–Crippen LogP) is 2.43. The average molecular weight is 302 g/mol. The molecular weight excluding hydrogens is 286 g/mol. The van der Waals surface area contributed by atoms with Crippen molar-refractivity contribution in [2.75, 3.05) is 20.3 Å². The quantitative estimate of drug-likeness (QED) is 0.867. The van der Waals surface area contributed by atoms with Gasteiger partial charge in [0.15, 0.2) is 11.5 Å². The molecule has 1 aliphatic rings.